The summed E-state index contributed by atoms with van der Waals surface area (Å²) in [7, 11) is 0. The molecule has 1 aromatic heterocycles. The molecule has 1 aliphatic heterocycles. The van der Waals surface area contributed by atoms with Crippen molar-refractivity contribution in [2.75, 3.05) is 31.2 Å². The summed E-state index contributed by atoms with van der Waals surface area (Å²) in [5, 5.41) is 12.1. The Balaban J connectivity index is 2.21. The maximum Gasteiger partial charge on any atom is 0.323 e. The topological polar surface area (TPSA) is 68.5 Å². The maximum atomic E-state index is 10.6. The Morgan fingerprint density at radius 1 is 1.57 bits per heavy atom. The lowest BCUT2D eigenvalue weighted by Gasteiger charge is -2.25. The Kier molecular flexibility index (Phi) is 2.60. The highest BCUT2D eigenvalue weighted by molar-refractivity contribution is 7.04. The normalized spacial score (nSPS) is 17.0. The number of rotatable bonds is 2. The number of morpholine rings is 1. The van der Waals surface area contributed by atoms with E-state index in [2.05, 4.69) is 4.37 Å². The summed E-state index contributed by atoms with van der Waals surface area (Å²) in [6, 6.07) is 0. The van der Waals surface area contributed by atoms with Crippen LogP contribution in [0.5, 0.6) is 0 Å². The molecule has 0 saturated carbocycles. The first-order valence-corrected chi connectivity index (χ1v) is 5.04. The molecular formula is C7H9N3O3S. The van der Waals surface area contributed by atoms with E-state index in [1.165, 1.54) is 5.38 Å². The number of hydrogen-bond acceptors (Lipinski definition) is 6. The van der Waals surface area contributed by atoms with E-state index in [0.29, 0.717) is 32.1 Å². The summed E-state index contributed by atoms with van der Waals surface area (Å²) in [4.78, 5) is 12.1. The summed E-state index contributed by atoms with van der Waals surface area (Å²) in [5.74, 6) is 0.475. The highest BCUT2D eigenvalue weighted by Gasteiger charge is 2.23. The second kappa shape index (κ2) is 3.89. The Bertz CT molecular complexity index is 335. The van der Waals surface area contributed by atoms with E-state index in [1.54, 1.807) is 0 Å². The predicted octanol–water partition coefficient (Wildman–Crippen LogP) is 0.888. The fourth-order valence-electron chi connectivity index (χ4n) is 1.35. The first-order chi connectivity index (χ1) is 6.79. The minimum absolute atomic E-state index is 0.0944. The zero-order valence-corrected chi connectivity index (χ0v) is 8.20. The molecular weight excluding hydrogens is 206 g/mol. The molecule has 0 aromatic carbocycles. The van der Waals surface area contributed by atoms with E-state index in [-0.39, 0.29) is 5.69 Å². The lowest BCUT2D eigenvalue weighted by Crippen LogP contribution is -2.36. The molecule has 2 heterocycles. The predicted molar refractivity (Wildman–Crippen MR) is 51.8 cm³/mol. The highest BCUT2D eigenvalue weighted by atomic mass is 32.1. The molecule has 76 valence electrons. The van der Waals surface area contributed by atoms with Crippen LogP contribution in [0.1, 0.15) is 0 Å². The molecule has 1 aliphatic rings. The number of ether oxygens (including phenoxy) is 1. The van der Waals surface area contributed by atoms with Crippen molar-refractivity contribution in [3.8, 4) is 0 Å². The molecule has 1 aromatic rings. The van der Waals surface area contributed by atoms with E-state index in [4.69, 9.17) is 4.74 Å². The lowest BCUT2D eigenvalue weighted by atomic mass is 10.4. The summed E-state index contributed by atoms with van der Waals surface area (Å²) >= 11 is 1.11. The minimum atomic E-state index is -0.395. The summed E-state index contributed by atoms with van der Waals surface area (Å²) < 4.78 is 9.19. The van der Waals surface area contributed by atoms with E-state index in [0.717, 1.165) is 11.5 Å². The first kappa shape index (κ1) is 9.35. The average Bonchev–Trinajstić information content (AvgIpc) is 2.67. The van der Waals surface area contributed by atoms with E-state index in [1.807, 2.05) is 4.90 Å². The van der Waals surface area contributed by atoms with Gasteiger partial charge in [0, 0.05) is 13.1 Å². The molecule has 0 amide bonds. The van der Waals surface area contributed by atoms with Crippen LogP contribution in [0.25, 0.3) is 0 Å². The zero-order chi connectivity index (χ0) is 9.97. The third kappa shape index (κ3) is 1.68. The summed E-state index contributed by atoms with van der Waals surface area (Å²) in [6.07, 6.45) is 0. The average molecular weight is 215 g/mol. The van der Waals surface area contributed by atoms with Crippen molar-refractivity contribution in [1.82, 2.24) is 4.37 Å². The monoisotopic (exact) mass is 215 g/mol. The molecule has 6 nitrogen and oxygen atoms in total. The second-order valence-corrected chi connectivity index (χ2v) is 3.51. The van der Waals surface area contributed by atoms with Gasteiger partial charge in [-0.05, 0) is 11.5 Å². The fourth-order valence-corrected chi connectivity index (χ4v) is 2.00. The van der Waals surface area contributed by atoms with E-state index >= 15 is 0 Å². The number of nitro groups is 1. The van der Waals surface area contributed by atoms with E-state index in [9.17, 15) is 10.1 Å². The Labute approximate surface area is 84.4 Å². The van der Waals surface area contributed by atoms with Crippen LogP contribution in [0.4, 0.5) is 11.5 Å². The van der Waals surface area contributed by atoms with Crippen LogP contribution in [0.15, 0.2) is 5.38 Å². The molecule has 0 aliphatic carbocycles. The number of anilines is 1. The van der Waals surface area contributed by atoms with Gasteiger partial charge in [-0.15, -0.1) is 0 Å². The van der Waals surface area contributed by atoms with Gasteiger partial charge in [-0.25, -0.2) is 0 Å². The molecule has 7 heteroatoms. The van der Waals surface area contributed by atoms with Crippen LogP contribution in [0, 0.1) is 10.1 Å². The van der Waals surface area contributed by atoms with Gasteiger partial charge >= 0.3 is 5.69 Å². The highest BCUT2D eigenvalue weighted by Crippen LogP contribution is 2.28. The van der Waals surface area contributed by atoms with Gasteiger partial charge in [0.05, 0.1) is 23.5 Å². The van der Waals surface area contributed by atoms with Crippen molar-refractivity contribution >= 4 is 23.0 Å². The summed E-state index contributed by atoms with van der Waals surface area (Å²) in [5.41, 5.74) is 0.0944. The van der Waals surface area contributed by atoms with Crippen molar-refractivity contribution in [2.45, 2.75) is 0 Å². The van der Waals surface area contributed by atoms with Crippen molar-refractivity contribution in [3.05, 3.63) is 15.5 Å². The van der Waals surface area contributed by atoms with E-state index < -0.39 is 4.92 Å². The molecule has 0 atom stereocenters. The SMILES string of the molecule is O=[N+]([O-])c1csnc1N1CCOCC1. The fraction of sp³-hybridized carbons (Fsp3) is 0.571. The number of aromatic nitrogens is 1. The van der Waals surface area contributed by atoms with Gasteiger partial charge < -0.3 is 9.64 Å². The molecule has 0 N–H and O–H groups in total. The second-order valence-electron chi connectivity index (χ2n) is 2.88. The Hall–Kier alpha value is -1.21. The van der Waals surface area contributed by atoms with Crippen LogP contribution in [-0.2, 0) is 4.74 Å². The largest absolute Gasteiger partial charge is 0.378 e. The van der Waals surface area contributed by atoms with Gasteiger partial charge in [0.2, 0.25) is 5.82 Å². The summed E-state index contributed by atoms with van der Waals surface area (Å²) in [6.45, 7) is 2.55. The molecule has 0 radical (unpaired) electrons. The molecule has 2 rings (SSSR count). The quantitative estimate of drug-likeness (QED) is 0.541. The van der Waals surface area contributed by atoms with Gasteiger partial charge in [0.1, 0.15) is 0 Å². The maximum absolute atomic E-state index is 10.6. The molecule has 0 bridgehead atoms. The third-order valence-corrected chi connectivity index (χ3v) is 2.65. The Morgan fingerprint density at radius 3 is 2.93 bits per heavy atom. The van der Waals surface area contributed by atoms with Crippen LogP contribution >= 0.6 is 11.5 Å². The van der Waals surface area contributed by atoms with Gasteiger partial charge in [-0.2, -0.15) is 4.37 Å². The number of nitrogens with zero attached hydrogens (tertiary/aromatic N) is 3. The van der Waals surface area contributed by atoms with Crippen molar-refractivity contribution in [3.63, 3.8) is 0 Å². The van der Waals surface area contributed by atoms with Gasteiger partial charge in [0.15, 0.2) is 0 Å². The molecule has 0 spiro atoms. The molecule has 14 heavy (non-hydrogen) atoms. The van der Waals surface area contributed by atoms with Gasteiger partial charge in [-0.3, -0.25) is 10.1 Å². The van der Waals surface area contributed by atoms with Crippen molar-refractivity contribution in [2.24, 2.45) is 0 Å². The Morgan fingerprint density at radius 2 is 2.29 bits per heavy atom. The van der Waals surface area contributed by atoms with Crippen LogP contribution in [-0.4, -0.2) is 35.6 Å². The molecule has 1 saturated heterocycles. The van der Waals surface area contributed by atoms with Gasteiger partial charge in [0.25, 0.3) is 0 Å². The molecule has 1 fully saturated rings. The lowest BCUT2D eigenvalue weighted by molar-refractivity contribution is -0.383. The molecule has 0 unspecified atom stereocenters. The van der Waals surface area contributed by atoms with Gasteiger partial charge in [-0.1, -0.05) is 0 Å². The van der Waals surface area contributed by atoms with Crippen LogP contribution in [0.2, 0.25) is 0 Å². The first-order valence-electron chi connectivity index (χ1n) is 4.20. The standard InChI is InChI=1S/C7H9N3O3S/c11-10(12)6-5-14-8-7(6)9-1-3-13-4-2-9/h5H,1-4H2. The number of hydrogen-bond donors (Lipinski definition) is 0. The van der Waals surface area contributed by atoms with Crippen molar-refractivity contribution in [1.29, 1.82) is 0 Å². The van der Waals surface area contributed by atoms with Crippen molar-refractivity contribution < 1.29 is 9.66 Å². The van der Waals surface area contributed by atoms with Crippen LogP contribution < -0.4 is 4.90 Å². The minimum Gasteiger partial charge on any atom is -0.378 e. The zero-order valence-electron chi connectivity index (χ0n) is 7.38. The smallest absolute Gasteiger partial charge is 0.323 e. The van der Waals surface area contributed by atoms with Crippen LogP contribution in [0.3, 0.4) is 0 Å². The third-order valence-electron chi connectivity index (χ3n) is 2.04.